The standard InChI is InChI=1S/C24H18F3NO5/c1-31-16-9-11-19(32-2)15(13-16)8-12-20(29)33-23(24(25,26)27)18-10-7-14-5-3-4-6-17(14)21(18)28-22(23)30/h3-13H,1-2H3,(H,28,30)/b12-8+/t23-/m1/s1. The van der Waals surface area contributed by atoms with Gasteiger partial charge in [-0.05, 0) is 29.7 Å². The van der Waals surface area contributed by atoms with Crippen molar-refractivity contribution in [2.75, 3.05) is 19.5 Å². The molecule has 1 heterocycles. The van der Waals surface area contributed by atoms with Gasteiger partial charge in [0.15, 0.2) is 0 Å². The summed E-state index contributed by atoms with van der Waals surface area (Å²) in [5.41, 5.74) is -3.62. The Hall–Kier alpha value is -4.01. The number of rotatable bonds is 5. The van der Waals surface area contributed by atoms with Gasteiger partial charge in [-0.15, -0.1) is 0 Å². The minimum Gasteiger partial charge on any atom is -0.497 e. The molecule has 1 aliphatic heterocycles. The number of esters is 1. The molecule has 0 aliphatic carbocycles. The maximum atomic E-state index is 14.3. The molecule has 6 nitrogen and oxygen atoms in total. The van der Waals surface area contributed by atoms with Crippen molar-refractivity contribution in [3.8, 4) is 11.5 Å². The van der Waals surface area contributed by atoms with Crippen molar-refractivity contribution in [3.05, 3.63) is 71.8 Å². The van der Waals surface area contributed by atoms with E-state index in [1.165, 1.54) is 32.4 Å². The molecule has 0 unspecified atom stereocenters. The number of hydrogen-bond acceptors (Lipinski definition) is 5. The fourth-order valence-corrected chi connectivity index (χ4v) is 3.78. The highest BCUT2D eigenvalue weighted by Gasteiger charge is 2.68. The zero-order chi connectivity index (χ0) is 23.8. The van der Waals surface area contributed by atoms with Crippen molar-refractivity contribution in [3.63, 3.8) is 0 Å². The van der Waals surface area contributed by atoms with E-state index >= 15 is 0 Å². The van der Waals surface area contributed by atoms with Crippen molar-refractivity contribution in [2.45, 2.75) is 11.8 Å². The van der Waals surface area contributed by atoms with Crippen LogP contribution in [0.5, 0.6) is 11.5 Å². The quantitative estimate of drug-likeness (QED) is 0.439. The topological polar surface area (TPSA) is 73.9 Å². The Labute approximate surface area is 186 Å². The Balaban J connectivity index is 1.74. The first-order chi connectivity index (χ1) is 15.7. The minimum atomic E-state index is -5.21. The van der Waals surface area contributed by atoms with E-state index in [2.05, 4.69) is 5.32 Å². The molecular weight excluding hydrogens is 439 g/mol. The number of carbonyl (C=O) groups is 2. The van der Waals surface area contributed by atoms with Crippen molar-refractivity contribution in [1.82, 2.24) is 0 Å². The second-order valence-corrected chi connectivity index (χ2v) is 7.20. The molecule has 1 N–H and O–H groups in total. The van der Waals surface area contributed by atoms with Gasteiger partial charge in [0, 0.05) is 22.6 Å². The van der Waals surface area contributed by atoms with Crippen LogP contribution in [0.4, 0.5) is 18.9 Å². The highest BCUT2D eigenvalue weighted by molar-refractivity contribution is 6.14. The molecule has 3 aromatic rings. The van der Waals surface area contributed by atoms with Crippen molar-refractivity contribution < 1.29 is 37.0 Å². The Bertz CT molecular complexity index is 1280. The van der Waals surface area contributed by atoms with Gasteiger partial charge in [-0.1, -0.05) is 36.4 Å². The summed E-state index contributed by atoms with van der Waals surface area (Å²) in [4.78, 5) is 25.2. The first kappa shape index (κ1) is 22.2. The van der Waals surface area contributed by atoms with E-state index in [4.69, 9.17) is 14.2 Å². The molecule has 0 radical (unpaired) electrons. The summed E-state index contributed by atoms with van der Waals surface area (Å²) in [5, 5.41) is 3.29. The number of amides is 1. The SMILES string of the molecule is COc1ccc(OC)c(/C=C/C(=O)O[C@@]2(C(F)(F)F)C(=O)Nc3c2ccc2ccccc32)c1. The van der Waals surface area contributed by atoms with Gasteiger partial charge in [0.25, 0.3) is 5.91 Å². The van der Waals surface area contributed by atoms with E-state index in [1.807, 2.05) is 0 Å². The Kier molecular flexibility index (Phi) is 5.49. The molecule has 4 rings (SSSR count). The summed E-state index contributed by atoms with van der Waals surface area (Å²) in [5.74, 6) is -2.03. The van der Waals surface area contributed by atoms with E-state index in [9.17, 15) is 22.8 Å². The van der Waals surface area contributed by atoms with Crippen LogP contribution in [-0.4, -0.2) is 32.3 Å². The molecule has 0 fully saturated rings. The van der Waals surface area contributed by atoms with Gasteiger partial charge in [0.05, 0.1) is 19.9 Å². The number of nitrogens with one attached hydrogen (secondary N) is 1. The van der Waals surface area contributed by atoms with Crippen LogP contribution in [0.25, 0.3) is 16.8 Å². The average molecular weight is 457 g/mol. The first-order valence-corrected chi connectivity index (χ1v) is 9.74. The summed E-state index contributed by atoms with van der Waals surface area (Å²) in [6.07, 6.45) is -3.18. The molecule has 1 atom stereocenters. The number of halogens is 3. The van der Waals surface area contributed by atoms with Gasteiger partial charge < -0.3 is 19.5 Å². The Morgan fingerprint density at radius 1 is 1.03 bits per heavy atom. The Morgan fingerprint density at radius 2 is 1.79 bits per heavy atom. The third-order valence-corrected chi connectivity index (χ3v) is 5.36. The normalized spacial score (nSPS) is 17.7. The third-order valence-electron chi connectivity index (χ3n) is 5.36. The van der Waals surface area contributed by atoms with E-state index in [1.54, 1.807) is 36.4 Å². The lowest BCUT2D eigenvalue weighted by Gasteiger charge is -2.29. The van der Waals surface area contributed by atoms with Crippen molar-refractivity contribution in [1.29, 1.82) is 0 Å². The van der Waals surface area contributed by atoms with Gasteiger partial charge in [-0.25, -0.2) is 4.79 Å². The minimum absolute atomic E-state index is 0.0401. The fraction of sp³-hybridized carbons (Fsp3) is 0.167. The lowest BCUT2D eigenvalue weighted by molar-refractivity contribution is -0.260. The molecule has 3 aromatic carbocycles. The van der Waals surface area contributed by atoms with E-state index in [0.717, 1.165) is 12.1 Å². The summed E-state index contributed by atoms with van der Waals surface area (Å²) in [6, 6.07) is 14.0. The molecule has 9 heteroatoms. The third kappa shape index (κ3) is 3.65. The number of alkyl halides is 3. The molecule has 0 spiro atoms. The number of anilines is 1. The van der Waals surface area contributed by atoms with E-state index < -0.39 is 29.2 Å². The molecule has 0 saturated carbocycles. The van der Waals surface area contributed by atoms with Crippen LogP contribution < -0.4 is 14.8 Å². The number of hydrogen-bond donors (Lipinski definition) is 1. The predicted octanol–water partition coefficient (Wildman–Crippen LogP) is 4.82. The molecule has 0 bridgehead atoms. The van der Waals surface area contributed by atoms with Crippen LogP contribution in [0, 0.1) is 0 Å². The number of benzene rings is 3. The molecular formula is C24H18F3NO5. The van der Waals surface area contributed by atoms with Crippen molar-refractivity contribution >= 4 is 34.4 Å². The predicted molar refractivity (Wildman–Crippen MR) is 115 cm³/mol. The van der Waals surface area contributed by atoms with Gasteiger partial charge >= 0.3 is 17.7 Å². The highest BCUT2D eigenvalue weighted by Crippen LogP contribution is 2.51. The van der Waals surface area contributed by atoms with Crippen LogP contribution in [0.1, 0.15) is 11.1 Å². The number of fused-ring (bicyclic) bond motifs is 3. The molecule has 170 valence electrons. The van der Waals surface area contributed by atoms with Gasteiger partial charge in [0.2, 0.25) is 0 Å². The summed E-state index contributed by atoms with van der Waals surface area (Å²) < 4.78 is 58.0. The zero-order valence-electron chi connectivity index (χ0n) is 17.5. The molecule has 0 aromatic heterocycles. The van der Waals surface area contributed by atoms with Gasteiger partial charge in [-0.3, -0.25) is 4.79 Å². The monoisotopic (exact) mass is 457 g/mol. The maximum absolute atomic E-state index is 14.3. The van der Waals surface area contributed by atoms with Crippen LogP contribution in [0.15, 0.2) is 60.7 Å². The van der Waals surface area contributed by atoms with Crippen LogP contribution in [-0.2, 0) is 19.9 Å². The summed E-state index contributed by atoms with van der Waals surface area (Å²) in [6.45, 7) is 0. The highest BCUT2D eigenvalue weighted by atomic mass is 19.4. The number of methoxy groups -OCH3 is 2. The van der Waals surface area contributed by atoms with Gasteiger partial charge in [0.1, 0.15) is 11.5 Å². The second kappa shape index (κ2) is 8.16. The summed E-state index contributed by atoms with van der Waals surface area (Å²) in [7, 11) is 2.84. The van der Waals surface area contributed by atoms with Crippen LogP contribution >= 0.6 is 0 Å². The van der Waals surface area contributed by atoms with Crippen LogP contribution in [0.3, 0.4) is 0 Å². The maximum Gasteiger partial charge on any atom is 0.442 e. The Morgan fingerprint density at radius 3 is 2.48 bits per heavy atom. The lowest BCUT2D eigenvalue weighted by Crippen LogP contribution is -2.51. The number of ether oxygens (including phenoxy) is 3. The fourth-order valence-electron chi connectivity index (χ4n) is 3.78. The first-order valence-electron chi connectivity index (χ1n) is 9.74. The molecule has 1 aliphatic rings. The number of carbonyl (C=O) groups excluding carboxylic acids is 2. The second-order valence-electron chi connectivity index (χ2n) is 7.20. The zero-order valence-corrected chi connectivity index (χ0v) is 17.5. The van der Waals surface area contributed by atoms with Gasteiger partial charge in [-0.2, -0.15) is 13.2 Å². The molecule has 33 heavy (non-hydrogen) atoms. The van der Waals surface area contributed by atoms with Crippen molar-refractivity contribution in [2.24, 2.45) is 0 Å². The van der Waals surface area contributed by atoms with Crippen LogP contribution in [0.2, 0.25) is 0 Å². The largest absolute Gasteiger partial charge is 0.497 e. The lowest BCUT2D eigenvalue weighted by atomic mass is 9.92. The summed E-state index contributed by atoms with van der Waals surface area (Å²) >= 11 is 0. The van der Waals surface area contributed by atoms with E-state index in [-0.39, 0.29) is 5.69 Å². The van der Waals surface area contributed by atoms with E-state index in [0.29, 0.717) is 27.8 Å². The average Bonchev–Trinajstić information content (AvgIpc) is 3.10. The molecule has 0 saturated heterocycles. The smallest absolute Gasteiger partial charge is 0.442 e. The molecule has 1 amide bonds.